The van der Waals surface area contributed by atoms with E-state index in [1.807, 2.05) is 37.2 Å². The van der Waals surface area contributed by atoms with Crippen LogP contribution in [0.15, 0.2) is 24.3 Å². The van der Waals surface area contributed by atoms with Gasteiger partial charge in [-0.05, 0) is 37.4 Å². The molecule has 2 rings (SSSR count). The number of carbonyl (C=O) groups excluding carboxylic acids is 2. The summed E-state index contributed by atoms with van der Waals surface area (Å²) >= 11 is 0. The molecule has 1 aromatic carbocycles. The van der Waals surface area contributed by atoms with E-state index in [1.54, 1.807) is 6.07 Å². The van der Waals surface area contributed by atoms with Crippen molar-refractivity contribution in [1.82, 2.24) is 10.2 Å². The van der Waals surface area contributed by atoms with Crippen LogP contribution in [0.25, 0.3) is 0 Å². The standard InChI is InChI=1S/C18H28N4O2/c1-14-7-6-11-22(13-14)12-10-19-17(23)18(24)20-15-8-4-5-9-16(15)21(2)3/h4-5,8-9,14H,6-7,10-13H2,1-3H3,(H,19,23)(H,20,24). The molecule has 1 heterocycles. The fraction of sp³-hybridized carbons (Fsp3) is 0.556. The van der Waals surface area contributed by atoms with Gasteiger partial charge in [-0.2, -0.15) is 0 Å². The topological polar surface area (TPSA) is 64.7 Å². The summed E-state index contributed by atoms with van der Waals surface area (Å²) in [6, 6.07) is 7.41. The number of anilines is 2. The Kier molecular flexibility index (Phi) is 6.61. The maximum absolute atomic E-state index is 12.1. The summed E-state index contributed by atoms with van der Waals surface area (Å²) in [6.07, 6.45) is 2.48. The molecule has 132 valence electrons. The van der Waals surface area contributed by atoms with Gasteiger partial charge in [-0.25, -0.2) is 0 Å². The lowest BCUT2D eigenvalue weighted by molar-refractivity contribution is -0.136. The first-order valence-electron chi connectivity index (χ1n) is 8.55. The van der Waals surface area contributed by atoms with Crippen molar-refractivity contribution in [2.45, 2.75) is 19.8 Å². The molecule has 1 unspecified atom stereocenters. The van der Waals surface area contributed by atoms with Gasteiger partial charge in [0.2, 0.25) is 0 Å². The van der Waals surface area contributed by atoms with E-state index in [-0.39, 0.29) is 0 Å². The van der Waals surface area contributed by atoms with Crippen LogP contribution in [0.1, 0.15) is 19.8 Å². The Morgan fingerprint density at radius 1 is 1.25 bits per heavy atom. The van der Waals surface area contributed by atoms with Gasteiger partial charge in [-0.15, -0.1) is 0 Å². The highest BCUT2D eigenvalue weighted by molar-refractivity contribution is 6.39. The van der Waals surface area contributed by atoms with Gasteiger partial charge in [0.25, 0.3) is 0 Å². The summed E-state index contributed by atoms with van der Waals surface area (Å²) in [4.78, 5) is 28.3. The fourth-order valence-corrected chi connectivity index (χ4v) is 3.05. The van der Waals surface area contributed by atoms with Crippen LogP contribution in [0.2, 0.25) is 0 Å². The summed E-state index contributed by atoms with van der Waals surface area (Å²) < 4.78 is 0. The van der Waals surface area contributed by atoms with E-state index in [0.29, 0.717) is 18.2 Å². The van der Waals surface area contributed by atoms with Crippen LogP contribution in [-0.2, 0) is 9.59 Å². The Labute approximate surface area is 144 Å². The first kappa shape index (κ1) is 18.3. The second kappa shape index (κ2) is 8.68. The molecule has 0 bridgehead atoms. The zero-order valence-corrected chi connectivity index (χ0v) is 14.8. The quantitative estimate of drug-likeness (QED) is 0.803. The van der Waals surface area contributed by atoms with Crippen molar-refractivity contribution in [2.24, 2.45) is 5.92 Å². The summed E-state index contributed by atoms with van der Waals surface area (Å²) in [5.74, 6) is -0.509. The molecule has 6 heteroatoms. The number of piperidine rings is 1. The number of nitrogens with zero attached hydrogens (tertiary/aromatic N) is 2. The van der Waals surface area contributed by atoms with Crippen LogP contribution in [-0.4, -0.2) is 57.0 Å². The predicted molar refractivity (Wildman–Crippen MR) is 97.2 cm³/mol. The Morgan fingerprint density at radius 3 is 2.71 bits per heavy atom. The molecule has 0 aliphatic carbocycles. The van der Waals surface area contributed by atoms with Gasteiger partial charge < -0.3 is 20.4 Å². The molecule has 0 radical (unpaired) electrons. The lowest BCUT2D eigenvalue weighted by atomic mass is 10.0. The van der Waals surface area contributed by atoms with Gasteiger partial charge in [-0.3, -0.25) is 9.59 Å². The summed E-state index contributed by atoms with van der Waals surface area (Å²) in [7, 11) is 3.79. The molecule has 2 amide bonds. The molecule has 0 saturated carbocycles. The number of hydrogen-bond acceptors (Lipinski definition) is 4. The molecule has 1 fully saturated rings. The highest BCUT2D eigenvalue weighted by Crippen LogP contribution is 2.23. The summed E-state index contributed by atoms with van der Waals surface area (Å²) in [5.41, 5.74) is 1.49. The van der Waals surface area contributed by atoms with Crippen molar-refractivity contribution < 1.29 is 9.59 Å². The van der Waals surface area contributed by atoms with Crippen molar-refractivity contribution in [3.8, 4) is 0 Å². The number of rotatable bonds is 5. The number of benzene rings is 1. The van der Waals surface area contributed by atoms with E-state index in [2.05, 4.69) is 22.5 Å². The monoisotopic (exact) mass is 332 g/mol. The Hall–Kier alpha value is -2.08. The minimum Gasteiger partial charge on any atom is -0.376 e. The maximum atomic E-state index is 12.1. The van der Waals surface area contributed by atoms with Gasteiger partial charge in [0.1, 0.15) is 0 Å². The minimum absolute atomic E-state index is 0.494. The molecule has 0 aromatic heterocycles. The smallest absolute Gasteiger partial charge is 0.313 e. The van der Waals surface area contributed by atoms with Crippen LogP contribution in [0.3, 0.4) is 0 Å². The van der Waals surface area contributed by atoms with Crippen molar-refractivity contribution in [3.63, 3.8) is 0 Å². The Bertz CT molecular complexity index is 574. The number of amides is 2. The molecule has 2 N–H and O–H groups in total. The van der Waals surface area contributed by atoms with Crippen LogP contribution in [0.5, 0.6) is 0 Å². The highest BCUT2D eigenvalue weighted by Gasteiger charge is 2.18. The minimum atomic E-state index is -0.628. The normalized spacial score (nSPS) is 18.0. The molecule has 1 atom stereocenters. The molecule has 1 aliphatic heterocycles. The maximum Gasteiger partial charge on any atom is 0.313 e. The number of para-hydroxylation sites is 2. The number of likely N-dealkylation sites (tertiary alicyclic amines) is 1. The van der Waals surface area contributed by atoms with E-state index in [1.165, 1.54) is 12.8 Å². The first-order valence-corrected chi connectivity index (χ1v) is 8.55. The van der Waals surface area contributed by atoms with Crippen molar-refractivity contribution in [2.75, 3.05) is 50.5 Å². The van der Waals surface area contributed by atoms with Crippen LogP contribution in [0, 0.1) is 5.92 Å². The Balaban J connectivity index is 1.79. The largest absolute Gasteiger partial charge is 0.376 e. The van der Waals surface area contributed by atoms with Gasteiger partial charge in [0.05, 0.1) is 11.4 Å². The molecule has 6 nitrogen and oxygen atoms in total. The summed E-state index contributed by atoms with van der Waals surface area (Å²) in [6.45, 7) is 5.67. The zero-order chi connectivity index (χ0) is 17.5. The third-order valence-electron chi connectivity index (χ3n) is 4.30. The average Bonchev–Trinajstić information content (AvgIpc) is 2.55. The molecule has 1 saturated heterocycles. The highest BCUT2D eigenvalue weighted by atomic mass is 16.2. The number of carbonyl (C=O) groups is 2. The van der Waals surface area contributed by atoms with Gasteiger partial charge in [0.15, 0.2) is 0 Å². The fourth-order valence-electron chi connectivity index (χ4n) is 3.05. The van der Waals surface area contributed by atoms with Crippen LogP contribution in [0.4, 0.5) is 11.4 Å². The molecule has 24 heavy (non-hydrogen) atoms. The predicted octanol–water partition coefficient (Wildman–Crippen LogP) is 1.54. The lowest BCUT2D eigenvalue weighted by Crippen LogP contribution is -2.42. The van der Waals surface area contributed by atoms with Crippen molar-refractivity contribution in [3.05, 3.63) is 24.3 Å². The third kappa shape index (κ3) is 5.23. The molecule has 1 aromatic rings. The molecular weight excluding hydrogens is 304 g/mol. The SMILES string of the molecule is CC1CCCN(CCNC(=O)C(=O)Nc2ccccc2N(C)C)C1. The second-order valence-corrected chi connectivity index (χ2v) is 6.67. The van der Waals surface area contributed by atoms with E-state index in [9.17, 15) is 9.59 Å². The molecular formula is C18H28N4O2. The van der Waals surface area contributed by atoms with E-state index in [0.717, 1.165) is 25.3 Å². The Morgan fingerprint density at radius 2 is 2.00 bits per heavy atom. The van der Waals surface area contributed by atoms with Crippen LogP contribution < -0.4 is 15.5 Å². The van der Waals surface area contributed by atoms with E-state index < -0.39 is 11.8 Å². The third-order valence-corrected chi connectivity index (χ3v) is 4.30. The summed E-state index contributed by atoms with van der Waals surface area (Å²) in [5, 5.41) is 5.39. The molecule has 0 spiro atoms. The number of hydrogen-bond donors (Lipinski definition) is 2. The molecule has 1 aliphatic rings. The average molecular weight is 332 g/mol. The lowest BCUT2D eigenvalue weighted by Gasteiger charge is -2.30. The van der Waals surface area contributed by atoms with Gasteiger partial charge in [0, 0.05) is 33.7 Å². The van der Waals surface area contributed by atoms with Crippen molar-refractivity contribution in [1.29, 1.82) is 0 Å². The van der Waals surface area contributed by atoms with Gasteiger partial charge in [-0.1, -0.05) is 19.1 Å². The second-order valence-electron chi connectivity index (χ2n) is 6.67. The van der Waals surface area contributed by atoms with Crippen molar-refractivity contribution >= 4 is 23.2 Å². The van der Waals surface area contributed by atoms with Crippen LogP contribution >= 0.6 is 0 Å². The van der Waals surface area contributed by atoms with E-state index >= 15 is 0 Å². The number of nitrogens with one attached hydrogen (secondary N) is 2. The van der Waals surface area contributed by atoms with E-state index in [4.69, 9.17) is 0 Å². The van der Waals surface area contributed by atoms with Gasteiger partial charge >= 0.3 is 11.8 Å². The first-order chi connectivity index (χ1) is 11.5. The zero-order valence-electron chi connectivity index (χ0n) is 14.8.